The molecule has 1 nitrogen and oxygen atoms in total. The second-order valence-corrected chi connectivity index (χ2v) is 2.07. The van der Waals surface area contributed by atoms with Gasteiger partial charge in [0.1, 0.15) is 0 Å². The number of hydrogen-bond donors (Lipinski definition) is 1. The fourth-order valence-corrected chi connectivity index (χ4v) is 0.681. The Labute approximate surface area is 72.4 Å². The van der Waals surface area contributed by atoms with Gasteiger partial charge in [-0.05, 0) is 13.0 Å². The molecule has 0 rings (SSSR count). The van der Waals surface area contributed by atoms with Gasteiger partial charge < -0.3 is 5.09 Å². The van der Waals surface area contributed by atoms with E-state index >= 15 is 0 Å². The van der Waals surface area contributed by atoms with Gasteiger partial charge in [-0.3, -0.25) is 0 Å². The zero-order valence-corrected chi connectivity index (χ0v) is 8.51. The molecule has 60 valence electrons. The summed E-state index contributed by atoms with van der Waals surface area (Å²) in [6.07, 6.45) is 3.97. The molecule has 0 saturated heterocycles. The smallest absolute Gasteiger partial charge is 0.00144 e. The lowest BCUT2D eigenvalue weighted by Gasteiger charge is -1.93. The van der Waals surface area contributed by atoms with E-state index in [9.17, 15) is 0 Å². The van der Waals surface area contributed by atoms with Crippen molar-refractivity contribution in [3.63, 3.8) is 0 Å². The molecule has 0 aliphatic heterocycles. The molecule has 9 heavy (non-hydrogen) atoms. The van der Waals surface area contributed by atoms with Gasteiger partial charge in [-0.1, -0.05) is 29.2 Å². The molecular formula is C5H16Cl2NP. The van der Waals surface area contributed by atoms with Crippen LogP contribution in [-0.4, -0.2) is 6.54 Å². The summed E-state index contributed by atoms with van der Waals surface area (Å²) in [5, 5.41) is 3.02. The van der Waals surface area contributed by atoms with Gasteiger partial charge in [-0.15, -0.1) is 24.8 Å². The van der Waals surface area contributed by atoms with Gasteiger partial charge in [-0.2, -0.15) is 0 Å². The van der Waals surface area contributed by atoms with Crippen LogP contribution in [0.25, 0.3) is 0 Å². The number of nitrogens with one attached hydrogen (secondary N) is 1. The van der Waals surface area contributed by atoms with E-state index in [1.54, 1.807) is 0 Å². The van der Waals surface area contributed by atoms with E-state index in [1.807, 2.05) is 0 Å². The van der Waals surface area contributed by atoms with E-state index in [0.29, 0.717) is 0 Å². The highest BCUT2D eigenvalue weighted by atomic mass is 35.5. The Morgan fingerprint density at radius 1 is 1.22 bits per heavy atom. The third-order valence-corrected chi connectivity index (χ3v) is 1.21. The Morgan fingerprint density at radius 2 is 1.78 bits per heavy atom. The topological polar surface area (TPSA) is 12.0 Å². The average molecular weight is 192 g/mol. The molecule has 0 fully saturated rings. The van der Waals surface area contributed by atoms with Gasteiger partial charge in [0.15, 0.2) is 0 Å². The lowest BCUT2D eigenvalue weighted by atomic mass is 10.3. The first-order valence-electron chi connectivity index (χ1n) is 2.85. The summed E-state index contributed by atoms with van der Waals surface area (Å²) in [6, 6.07) is 0. The standard InChI is InChI=1S/C5H14NP.2ClH/c1-2-3-4-5-6-7;;/h6H,2-5,7H2,1H3;2*1H. The largest absolute Gasteiger partial charge is 0.301 e. The quantitative estimate of drug-likeness (QED) is 0.532. The molecule has 0 aromatic heterocycles. The van der Waals surface area contributed by atoms with Crippen molar-refractivity contribution in [3.8, 4) is 0 Å². The summed E-state index contributed by atoms with van der Waals surface area (Å²) in [7, 11) is 2.50. The highest BCUT2D eigenvalue weighted by molar-refractivity contribution is 7.13. The molecule has 0 radical (unpaired) electrons. The summed E-state index contributed by atoms with van der Waals surface area (Å²) < 4.78 is 0. The van der Waals surface area contributed by atoms with Crippen LogP contribution >= 0.6 is 34.2 Å². The predicted molar refractivity (Wildman–Crippen MR) is 51.7 cm³/mol. The number of rotatable bonds is 4. The zero-order valence-electron chi connectivity index (χ0n) is 5.72. The van der Waals surface area contributed by atoms with Crippen LogP contribution in [0.15, 0.2) is 0 Å². The third-order valence-electron chi connectivity index (χ3n) is 0.925. The Morgan fingerprint density at radius 3 is 2.11 bits per heavy atom. The van der Waals surface area contributed by atoms with Crippen LogP contribution in [0, 0.1) is 0 Å². The van der Waals surface area contributed by atoms with E-state index in [2.05, 4.69) is 21.4 Å². The Balaban J connectivity index is -0.000000180. The zero-order chi connectivity index (χ0) is 5.54. The van der Waals surface area contributed by atoms with Crippen molar-refractivity contribution in [3.05, 3.63) is 0 Å². The highest BCUT2D eigenvalue weighted by Crippen LogP contribution is 1.91. The van der Waals surface area contributed by atoms with Crippen LogP contribution in [0.5, 0.6) is 0 Å². The molecule has 0 amide bonds. The molecule has 1 N–H and O–H groups in total. The van der Waals surface area contributed by atoms with Crippen molar-refractivity contribution in [2.24, 2.45) is 0 Å². The third kappa shape index (κ3) is 17.6. The number of unbranched alkanes of at least 4 members (excludes halogenated alkanes) is 2. The van der Waals surface area contributed by atoms with Crippen LogP contribution in [0.3, 0.4) is 0 Å². The summed E-state index contributed by atoms with van der Waals surface area (Å²) in [5.74, 6) is 0. The van der Waals surface area contributed by atoms with E-state index in [4.69, 9.17) is 0 Å². The molecule has 0 bridgehead atoms. The van der Waals surface area contributed by atoms with Crippen LogP contribution in [0.1, 0.15) is 26.2 Å². The molecule has 0 aliphatic carbocycles. The van der Waals surface area contributed by atoms with Crippen molar-refractivity contribution in [1.29, 1.82) is 0 Å². The second kappa shape index (κ2) is 16.0. The summed E-state index contributed by atoms with van der Waals surface area (Å²) in [4.78, 5) is 0. The minimum atomic E-state index is 0. The molecule has 0 aromatic carbocycles. The first kappa shape index (κ1) is 16.5. The van der Waals surface area contributed by atoms with Crippen molar-refractivity contribution in [1.82, 2.24) is 5.09 Å². The lowest BCUT2D eigenvalue weighted by Crippen LogP contribution is -1.98. The van der Waals surface area contributed by atoms with Gasteiger partial charge in [0, 0.05) is 0 Å². The van der Waals surface area contributed by atoms with Crippen molar-refractivity contribution >= 4 is 34.2 Å². The number of halogens is 2. The van der Waals surface area contributed by atoms with Gasteiger partial charge >= 0.3 is 0 Å². The minimum Gasteiger partial charge on any atom is -0.301 e. The maximum absolute atomic E-state index is 3.02. The fraction of sp³-hybridized carbons (Fsp3) is 1.00. The summed E-state index contributed by atoms with van der Waals surface area (Å²) in [6.45, 7) is 3.35. The molecule has 0 saturated carbocycles. The fourth-order valence-electron chi connectivity index (χ4n) is 0.477. The monoisotopic (exact) mass is 191 g/mol. The van der Waals surface area contributed by atoms with E-state index in [1.165, 1.54) is 19.3 Å². The predicted octanol–water partition coefficient (Wildman–Crippen LogP) is 2.40. The Kier molecular flexibility index (Phi) is 29.3. The Hall–Kier alpha value is 0.970. The van der Waals surface area contributed by atoms with Gasteiger partial charge in [0.2, 0.25) is 0 Å². The molecule has 0 aromatic rings. The van der Waals surface area contributed by atoms with Gasteiger partial charge in [0.05, 0.1) is 0 Å². The van der Waals surface area contributed by atoms with E-state index < -0.39 is 0 Å². The van der Waals surface area contributed by atoms with Crippen molar-refractivity contribution in [2.45, 2.75) is 26.2 Å². The van der Waals surface area contributed by atoms with Crippen LogP contribution < -0.4 is 5.09 Å². The van der Waals surface area contributed by atoms with Gasteiger partial charge in [0.25, 0.3) is 0 Å². The minimum absolute atomic E-state index is 0. The SMILES string of the molecule is CCCCCNP.Cl.Cl. The first-order valence-corrected chi connectivity index (χ1v) is 3.43. The number of hydrogen-bond acceptors (Lipinski definition) is 1. The van der Waals surface area contributed by atoms with Crippen LogP contribution in [-0.2, 0) is 0 Å². The summed E-state index contributed by atoms with van der Waals surface area (Å²) in [5.41, 5.74) is 0. The Bertz CT molecular complexity index is 34.1. The van der Waals surface area contributed by atoms with Crippen LogP contribution in [0.4, 0.5) is 0 Å². The lowest BCUT2D eigenvalue weighted by molar-refractivity contribution is 0.709. The summed E-state index contributed by atoms with van der Waals surface area (Å²) >= 11 is 0. The molecule has 0 spiro atoms. The van der Waals surface area contributed by atoms with E-state index in [-0.39, 0.29) is 24.8 Å². The molecule has 0 heterocycles. The normalized spacial score (nSPS) is 7.33. The molecular weight excluding hydrogens is 176 g/mol. The molecule has 1 unspecified atom stereocenters. The average Bonchev–Trinajstić information content (AvgIpc) is 1.69. The maximum Gasteiger partial charge on any atom is -0.00144 e. The highest BCUT2D eigenvalue weighted by Gasteiger charge is 1.79. The van der Waals surface area contributed by atoms with Crippen molar-refractivity contribution in [2.75, 3.05) is 6.54 Å². The van der Waals surface area contributed by atoms with E-state index in [0.717, 1.165) is 6.54 Å². The first-order chi connectivity index (χ1) is 3.41. The molecule has 1 atom stereocenters. The second-order valence-electron chi connectivity index (χ2n) is 1.66. The molecule has 0 aliphatic rings. The van der Waals surface area contributed by atoms with Crippen molar-refractivity contribution < 1.29 is 0 Å². The van der Waals surface area contributed by atoms with Crippen LogP contribution in [0.2, 0.25) is 0 Å². The molecule has 4 heteroatoms. The maximum atomic E-state index is 3.02. The van der Waals surface area contributed by atoms with Gasteiger partial charge in [-0.25, -0.2) is 0 Å².